The molecule has 0 aromatic heterocycles. The number of hydrogen-bond donors (Lipinski definition) is 2. The van der Waals surface area contributed by atoms with E-state index in [0.29, 0.717) is 24.9 Å². The maximum absolute atomic E-state index is 12.2. The Bertz CT molecular complexity index is 521. The summed E-state index contributed by atoms with van der Waals surface area (Å²) in [7, 11) is 0. The molecule has 1 fully saturated rings. The Hall–Kier alpha value is -1.88. The number of carbonyl (C=O) groups excluding carboxylic acids is 2. The number of nitrogens with two attached hydrogens (primary N) is 1. The molecule has 0 atom stereocenters. The van der Waals surface area contributed by atoms with Crippen LogP contribution in [0.25, 0.3) is 0 Å². The van der Waals surface area contributed by atoms with Crippen LogP contribution in [0.1, 0.15) is 39.5 Å². The fraction of sp³-hybridized carbons (Fsp3) is 0.500. The molecule has 0 aliphatic carbocycles. The maximum atomic E-state index is 12.2. The molecule has 1 saturated heterocycles. The van der Waals surface area contributed by atoms with Crippen LogP contribution in [0.15, 0.2) is 24.3 Å². The minimum absolute atomic E-state index is 0.157. The van der Waals surface area contributed by atoms with Crippen LogP contribution < -0.4 is 16.0 Å². The van der Waals surface area contributed by atoms with E-state index in [1.807, 2.05) is 38.1 Å². The Morgan fingerprint density at radius 1 is 1.29 bits per heavy atom. The molecule has 21 heavy (non-hydrogen) atoms. The minimum Gasteiger partial charge on any atom is -0.324 e. The van der Waals surface area contributed by atoms with Crippen LogP contribution in [-0.4, -0.2) is 23.9 Å². The third kappa shape index (κ3) is 3.24. The quantitative estimate of drug-likeness (QED) is 0.873. The van der Waals surface area contributed by atoms with Crippen molar-refractivity contribution in [2.24, 2.45) is 5.73 Å². The third-order valence-corrected chi connectivity index (χ3v) is 4.22. The molecule has 1 heterocycles. The van der Waals surface area contributed by atoms with Gasteiger partial charge in [-0.15, -0.1) is 0 Å². The molecule has 1 aliphatic rings. The van der Waals surface area contributed by atoms with Crippen LogP contribution in [-0.2, 0) is 9.59 Å². The first-order valence-electron chi connectivity index (χ1n) is 7.51. The summed E-state index contributed by atoms with van der Waals surface area (Å²) >= 11 is 0. The zero-order valence-electron chi connectivity index (χ0n) is 12.7. The molecule has 1 aromatic rings. The van der Waals surface area contributed by atoms with Gasteiger partial charge in [0, 0.05) is 24.3 Å². The summed E-state index contributed by atoms with van der Waals surface area (Å²) in [6.07, 6.45) is 2.70. The van der Waals surface area contributed by atoms with Crippen LogP contribution in [0.2, 0.25) is 0 Å². The molecule has 0 radical (unpaired) electrons. The zero-order chi connectivity index (χ0) is 15.5. The van der Waals surface area contributed by atoms with E-state index in [1.54, 1.807) is 4.90 Å². The summed E-state index contributed by atoms with van der Waals surface area (Å²) < 4.78 is 0. The van der Waals surface area contributed by atoms with Gasteiger partial charge in [0.05, 0.1) is 5.54 Å². The summed E-state index contributed by atoms with van der Waals surface area (Å²) in [5.74, 6) is -0.0118. The lowest BCUT2D eigenvalue weighted by Crippen LogP contribution is -2.50. The number of carbonyl (C=O) groups is 2. The highest BCUT2D eigenvalue weighted by molar-refractivity contribution is 5.98. The lowest BCUT2D eigenvalue weighted by atomic mass is 9.93. The van der Waals surface area contributed by atoms with Gasteiger partial charge in [-0.3, -0.25) is 9.59 Å². The van der Waals surface area contributed by atoms with Crippen molar-refractivity contribution >= 4 is 23.2 Å². The first kappa shape index (κ1) is 15.5. The van der Waals surface area contributed by atoms with Crippen LogP contribution in [0, 0.1) is 0 Å². The minimum atomic E-state index is -0.830. The molecule has 1 aliphatic heterocycles. The molecule has 2 amide bonds. The standard InChI is InChI=1S/C16H23N3O2/c1-3-16(17,4-2)15(21)18-12-7-9-13(10-8-12)19-11-5-6-14(19)20/h7-10H,3-6,11,17H2,1-2H3,(H,18,21). The molecule has 5 heteroatoms. The van der Waals surface area contributed by atoms with Gasteiger partial charge in [-0.1, -0.05) is 13.8 Å². The van der Waals surface area contributed by atoms with E-state index in [4.69, 9.17) is 5.73 Å². The largest absolute Gasteiger partial charge is 0.324 e. The van der Waals surface area contributed by atoms with Gasteiger partial charge in [0.1, 0.15) is 0 Å². The van der Waals surface area contributed by atoms with Crippen molar-refractivity contribution in [2.45, 2.75) is 45.1 Å². The number of amides is 2. The molecule has 114 valence electrons. The number of nitrogens with zero attached hydrogens (tertiary/aromatic N) is 1. The van der Waals surface area contributed by atoms with Crippen LogP contribution in [0.5, 0.6) is 0 Å². The van der Waals surface area contributed by atoms with Crippen molar-refractivity contribution < 1.29 is 9.59 Å². The lowest BCUT2D eigenvalue weighted by molar-refractivity contribution is -0.121. The van der Waals surface area contributed by atoms with Crippen molar-refractivity contribution in [3.8, 4) is 0 Å². The molecule has 3 N–H and O–H groups in total. The van der Waals surface area contributed by atoms with E-state index in [-0.39, 0.29) is 11.8 Å². The Kier molecular flexibility index (Phi) is 4.63. The highest BCUT2D eigenvalue weighted by atomic mass is 16.2. The van der Waals surface area contributed by atoms with Gasteiger partial charge in [0.25, 0.3) is 0 Å². The van der Waals surface area contributed by atoms with Crippen molar-refractivity contribution in [1.29, 1.82) is 0 Å². The summed E-state index contributed by atoms with van der Waals surface area (Å²) in [6.45, 7) is 4.58. The number of hydrogen-bond acceptors (Lipinski definition) is 3. The van der Waals surface area contributed by atoms with Gasteiger partial charge in [-0.05, 0) is 43.5 Å². The van der Waals surface area contributed by atoms with E-state index in [9.17, 15) is 9.59 Å². The normalized spacial score (nSPS) is 15.4. The predicted molar refractivity (Wildman–Crippen MR) is 84.2 cm³/mol. The fourth-order valence-electron chi connectivity index (χ4n) is 2.47. The number of nitrogens with one attached hydrogen (secondary N) is 1. The second kappa shape index (κ2) is 6.26. The summed E-state index contributed by atoms with van der Waals surface area (Å²) in [5.41, 5.74) is 6.82. The Morgan fingerprint density at radius 2 is 1.90 bits per heavy atom. The van der Waals surface area contributed by atoms with Gasteiger partial charge in [-0.25, -0.2) is 0 Å². The molecule has 5 nitrogen and oxygen atoms in total. The van der Waals surface area contributed by atoms with Crippen LogP contribution in [0.4, 0.5) is 11.4 Å². The first-order chi connectivity index (χ1) is 10.00. The highest BCUT2D eigenvalue weighted by Crippen LogP contribution is 2.23. The molecule has 0 saturated carbocycles. The van der Waals surface area contributed by atoms with E-state index in [1.165, 1.54) is 0 Å². The van der Waals surface area contributed by atoms with Crippen molar-refractivity contribution in [2.75, 3.05) is 16.8 Å². The monoisotopic (exact) mass is 289 g/mol. The average Bonchev–Trinajstić information content (AvgIpc) is 2.93. The summed E-state index contributed by atoms with van der Waals surface area (Å²) in [4.78, 5) is 25.7. The van der Waals surface area contributed by atoms with Gasteiger partial charge in [0.2, 0.25) is 11.8 Å². The van der Waals surface area contributed by atoms with Crippen LogP contribution in [0.3, 0.4) is 0 Å². The average molecular weight is 289 g/mol. The lowest BCUT2D eigenvalue weighted by Gasteiger charge is -2.25. The van der Waals surface area contributed by atoms with Crippen molar-refractivity contribution in [1.82, 2.24) is 0 Å². The summed E-state index contributed by atoms with van der Waals surface area (Å²) in [6, 6.07) is 7.33. The predicted octanol–water partition coefficient (Wildman–Crippen LogP) is 2.27. The number of rotatable bonds is 5. The molecule has 0 unspecified atom stereocenters. The van der Waals surface area contributed by atoms with Gasteiger partial charge in [0.15, 0.2) is 0 Å². The second-order valence-electron chi connectivity index (χ2n) is 5.51. The van der Waals surface area contributed by atoms with Gasteiger partial charge in [-0.2, -0.15) is 0 Å². The zero-order valence-corrected chi connectivity index (χ0v) is 12.7. The molecule has 2 rings (SSSR count). The second-order valence-corrected chi connectivity index (χ2v) is 5.51. The molecule has 0 spiro atoms. The molecule has 0 bridgehead atoms. The van der Waals surface area contributed by atoms with E-state index in [0.717, 1.165) is 18.7 Å². The third-order valence-electron chi connectivity index (χ3n) is 4.22. The van der Waals surface area contributed by atoms with E-state index >= 15 is 0 Å². The van der Waals surface area contributed by atoms with Crippen molar-refractivity contribution in [3.63, 3.8) is 0 Å². The number of benzene rings is 1. The fourth-order valence-corrected chi connectivity index (χ4v) is 2.47. The number of anilines is 2. The Morgan fingerprint density at radius 3 is 2.38 bits per heavy atom. The van der Waals surface area contributed by atoms with E-state index < -0.39 is 5.54 Å². The van der Waals surface area contributed by atoms with E-state index in [2.05, 4.69) is 5.32 Å². The van der Waals surface area contributed by atoms with Gasteiger partial charge >= 0.3 is 0 Å². The smallest absolute Gasteiger partial charge is 0.244 e. The SMILES string of the molecule is CCC(N)(CC)C(=O)Nc1ccc(N2CCCC2=O)cc1. The Balaban J connectivity index is 2.06. The highest BCUT2D eigenvalue weighted by Gasteiger charge is 2.30. The van der Waals surface area contributed by atoms with Crippen LogP contribution >= 0.6 is 0 Å². The van der Waals surface area contributed by atoms with Gasteiger partial charge < -0.3 is 16.0 Å². The first-order valence-corrected chi connectivity index (χ1v) is 7.51. The Labute approximate surface area is 125 Å². The molecular formula is C16H23N3O2. The molecular weight excluding hydrogens is 266 g/mol. The summed E-state index contributed by atoms with van der Waals surface area (Å²) in [5, 5.41) is 2.85. The molecule has 1 aromatic carbocycles. The maximum Gasteiger partial charge on any atom is 0.244 e. The van der Waals surface area contributed by atoms with Crippen molar-refractivity contribution in [3.05, 3.63) is 24.3 Å². The topological polar surface area (TPSA) is 75.4 Å².